The monoisotopic (exact) mass is 420 g/mol. The Bertz CT molecular complexity index is 978. The molecule has 2 aliphatic rings. The molecule has 0 radical (unpaired) electrons. The van der Waals surface area contributed by atoms with Crippen LogP contribution in [0.3, 0.4) is 0 Å². The summed E-state index contributed by atoms with van der Waals surface area (Å²) in [5.41, 5.74) is 1.96. The largest absolute Gasteiger partial charge is 0.347 e. The first-order chi connectivity index (χ1) is 13.1. The smallest absolute Gasteiger partial charge is 0.294 e. The van der Waals surface area contributed by atoms with Crippen molar-refractivity contribution in [2.75, 3.05) is 12.3 Å². The molecule has 0 unspecified atom stereocenters. The minimum atomic E-state index is -3.30. The lowest BCUT2D eigenvalue weighted by Crippen LogP contribution is -2.43. The predicted molar refractivity (Wildman–Crippen MR) is 108 cm³/mol. The van der Waals surface area contributed by atoms with Gasteiger partial charge in [0.2, 0.25) is 5.91 Å². The van der Waals surface area contributed by atoms with Gasteiger partial charge in [-0.25, -0.2) is 8.42 Å². The van der Waals surface area contributed by atoms with Crippen LogP contribution in [0, 0.1) is 0 Å². The Kier molecular flexibility index (Phi) is 5.76. The lowest BCUT2D eigenvalue weighted by atomic mass is 10.0. The fraction of sp³-hybridized carbons (Fsp3) is 0.316. The molecule has 1 aromatic rings. The highest BCUT2D eigenvalue weighted by Gasteiger charge is 2.36. The molecule has 0 saturated carbocycles. The molecule has 3 amide bonds. The second-order valence-electron chi connectivity index (χ2n) is 6.92. The topological polar surface area (TPSA) is 101 Å². The highest BCUT2D eigenvalue weighted by molar-refractivity contribution is 8.18. The van der Waals surface area contributed by atoms with E-state index in [0.717, 1.165) is 27.6 Å². The Morgan fingerprint density at radius 2 is 1.96 bits per heavy atom. The van der Waals surface area contributed by atoms with E-state index in [9.17, 15) is 22.8 Å². The third-order valence-corrected chi connectivity index (χ3v) is 6.66. The number of imide groups is 1. The molecule has 9 heteroatoms. The molecule has 2 aliphatic heterocycles. The van der Waals surface area contributed by atoms with E-state index in [1.807, 2.05) is 24.3 Å². The normalized spacial score (nSPS) is 22.5. The number of thioether (sulfide) groups is 1. The van der Waals surface area contributed by atoms with Crippen LogP contribution in [0.1, 0.15) is 30.9 Å². The van der Waals surface area contributed by atoms with Gasteiger partial charge in [0.15, 0.2) is 9.84 Å². The van der Waals surface area contributed by atoms with E-state index < -0.39 is 39.5 Å². The second kappa shape index (κ2) is 7.92. The average Bonchev–Trinajstić information content (AvgIpc) is 3.08. The Hall–Kier alpha value is -2.39. The van der Waals surface area contributed by atoms with E-state index >= 15 is 0 Å². The Labute approximate surface area is 167 Å². The molecule has 3 rings (SSSR count). The van der Waals surface area contributed by atoms with E-state index in [2.05, 4.69) is 19.2 Å². The van der Waals surface area contributed by atoms with Crippen molar-refractivity contribution in [2.45, 2.75) is 25.8 Å². The zero-order valence-corrected chi connectivity index (χ0v) is 17.0. The summed E-state index contributed by atoms with van der Waals surface area (Å²) in [6, 6.07) is 7.05. The summed E-state index contributed by atoms with van der Waals surface area (Å²) in [4.78, 5) is 37.9. The van der Waals surface area contributed by atoms with Crippen molar-refractivity contribution in [2.24, 2.45) is 0 Å². The summed E-state index contributed by atoms with van der Waals surface area (Å²) < 4.78 is 22.8. The van der Waals surface area contributed by atoms with Crippen molar-refractivity contribution in [3.05, 3.63) is 51.8 Å². The summed E-state index contributed by atoms with van der Waals surface area (Å²) in [5, 5.41) is 3.02. The lowest BCUT2D eigenvalue weighted by Gasteiger charge is -2.14. The van der Waals surface area contributed by atoms with Gasteiger partial charge in [0.1, 0.15) is 6.54 Å². The van der Waals surface area contributed by atoms with Gasteiger partial charge in [-0.05, 0) is 41.0 Å². The van der Waals surface area contributed by atoms with Crippen LogP contribution >= 0.6 is 11.8 Å². The van der Waals surface area contributed by atoms with E-state index in [1.165, 1.54) is 11.6 Å². The van der Waals surface area contributed by atoms with Gasteiger partial charge >= 0.3 is 0 Å². The predicted octanol–water partition coefficient (Wildman–Crippen LogP) is 2.27. The lowest BCUT2D eigenvalue weighted by molar-refractivity contribution is -0.129. The number of carbonyl (C=O) groups excluding carboxylic acids is 3. The maximum atomic E-state index is 12.5. The minimum Gasteiger partial charge on any atom is -0.347 e. The number of benzene rings is 1. The Balaban J connectivity index is 1.64. The first kappa shape index (κ1) is 20.3. The quantitative estimate of drug-likeness (QED) is 0.734. The molecule has 0 aliphatic carbocycles. The van der Waals surface area contributed by atoms with Crippen molar-refractivity contribution < 1.29 is 22.8 Å². The van der Waals surface area contributed by atoms with Crippen molar-refractivity contribution in [1.82, 2.24) is 10.2 Å². The number of nitrogens with one attached hydrogen (secondary N) is 1. The molecular weight excluding hydrogens is 400 g/mol. The molecular formula is C19H20N2O5S2. The van der Waals surface area contributed by atoms with Gasteiger partial charge < -0.3 is 5.32 Å². The van der Waals surface area contributed by atoms with Crippen molar-refractivity contribution >= 4 is 44.7 Å². The van der Waals surface area contributed by atoms with Crippen LogP contribution in [-0.2, 0) is 19.4 Å². The van der Waals surface area contributed by atoms with Crippen LogP contribution in [0.25, 0.3) is 6.08 Å². The molecule has 1 N–H and O–H groups in total. The zero-order valence-electron chi connectivity index (χ0n) is 15.4. The van der Waals surface area contributed by atoms with Gasteiger partial charge in [0.05, 0.1) is 16.7 Å². The molecule has 1 aromatic carbocycles. The number of hydrogen-bond donors (Lipinski definition) is 1. The Morgan fingerprint density at radius 1 is 1.29 bits per heavy atom. The van der Waals surface area contributed by atoms with Crippen LogP contribution in [0.2, 0.25) is 0 Å². The number of amides is 3. The molecule has 148 valence electrons. The summed E-state index contributed by atoms with van der Waals surface area (Å²) in [5.74, 6) is -0.943. The van der Waals surface area contributed by atoms with Gasteiger partial charge in [0, 0.05) is 5.41 Å². The molecule has 1 saturated heterocycles. The van der Waals surface area contributed by atoms with Gasteiger partial charge in [-0.1, -0.05) is 38.1 Å². The van der Waals surface area contributed by atoms with Crippen LogP contribution < -0.4 is 5.32 Å². The molecule has 1 atom stereocenters. The average molecular weight is 421 g/mol. The second-order valence-corrected chi connectivity index (χ2v) is 9.85. The molecule has 0 aromatic heterocycles. The van der Waals surface area contributed by atoms with Gasteiger partial charge in [0.25, 0.3) is 11.1 Å². The summed E-state index contributed by atoms with van der Waals surface area (Å²) in [7, 11) is -3.30. The molecule has 7 nitrogen and oxygen atoms in total. The first-order valence-corrected chi connectivity index (χ1v) is 11.2. The summed E-state index contributed by atoms with van der Waals surface area (Å²) in [6.45, 7) is 3.73. The van der Waals surface area contributed by atoms with E-state index in [0.29, 0.717) is 5.92 Å². The van der Waals surface area contributed by atoms with Crippen molar-refractivity contribution in [3.63, 3.8) is 0 Å². The van der Waals surface area contributed by atoms with Crippen molar-refractivity contribution in [1.29, 1.82) is 0 Å². The highest BCUT2D eigenvalue weighted by atomic mass is 32.2. The van der Waals surface area contributed by atoms with Crippen LogP contribution in [-0.4, -0.2) is 48.7 Å². The van der Waals surface area contributed by atoms with Gasteiger partial charge in [-0.15, -0.1) is 0 Å². The van der Waals surface area contributed by atoms with E-state index in [1.54, 1.807) is 6.08 Å². The molecule has 1 fully saturated rings. The standard InChI is InChI=1S/C19H20N2O5S2/c1-12(2)14-5-3-13(4-6-14)9-16-18(23)21(19(24)27-16)10-17(22)20-15-7-8-28(25,26)11-15/h3-9,12,15H,10-11H2,1-2H3,(H,20,22)/b16-9-/t15-/m0/s1. The summed E-state index contributed by atoms with van der Waals surface area (Å²) in [6.07, 6.45) is 3.00. The SMILES string of the molecule is CC(C)c1ccc(/C=C2\SC(=O)N(CC(=O)N[C@H]3C=CS(=O)(=O)C3)C2=O)cc1. The number of rotatable bonds is 5. The molecule has 0 bridgehead atoms. The number of sulfone groups is 1. The van der Waals surface area contributed by atoms with Crippen LogP contribution in [0.5, 0.6) is 0 Å². The Morgan fingerprint density at radius 3 is 2.54 bits per heavy atom. The number of nitrogens with zero attached hydrogens (tertiary/aromatic N) is 1. The number of carbonyl (C=O) groups is 3. The minimum absolute atomic E-state index is 0.215. The fourth-order valence-corrected chi connectivity index (χ4v) is 4.90. The van der Waals surface area contributed by atoms with Crippen LogP contribution in [0.4, 0.5) is 4.79 Å². The van der Waals surface area contributed by atoms with E-state index in [4.69, 9.17) is 0 Å². The van der Waals surface area contributed by atoms with Crippen molar-refractivity contribution in [3.8, 4) is 0 Å². The van der Waals surface area contributed by atoms with Gasteiger partial charge in [-0.3, -0.25) is 19.3 Å². The molecule has 2 heterocycles. The summed E-state index contributed by atoms with van der Waals surface area (Å²) >= 11 is 0.780. The zero-order chi connectivity index (χ0) is 20.5. The maximum Gasteiger partial charge on any atom is 0.294 e. The van der Waals surface area contributed by atoms with Crippen LogP contribution in [0.15, 0.2) is 40.7 Å². The molecule has 0 spiro atoms. The third-order valence-electron chi connectivity index (χ3n) is 4.35. The fourth-order valence-electron chi connectivity index (χ4n) is 2.83. The third kappa shape index (κ3) is 4.71. The maximum absolute atomic E-state index is 12.5. The van der Waals surface area contributed by atoms with Gasteiger partial charge in [-0.2, -0.15) is 0 Å². The van der Waals surface area contributed by atoms with E-state index in [-0.39, 0.29) is 10.7 Å². The first-order valence-electron chi connectivity index (χ1n) is 8.70. The molecule has 28 heavy (non-hydrogen) atoms. The highest BCUT2D eigenvalue weighted by Crippen LogP contribution is 2.32. The number of hydrogen-bond acceptors (Lipinski definition) is 6.